The lowest BCUT2D eigenvalue weighted by Gasteiger charge is -2.39. The molecule has 0 bridgehead atoms. The van der Waals surface area contributed by atoms with Crippen molar-refractivity contribution in [2.45, 2.75) is 6.04 Å². The molecular formula is C15H27N5. The van der Waals surface area contributed by atoms with Gasteiger partial charge in [-0.15, -0.1) is 0 Å². The maximum atomic E-state index is 5.98. The first-order valence-corrected chi connectivity index (χ1v) is 7.42. The molecule has 2 heterocycles. The Morgan fingerprint density at radius 1 is 1.30 bits per heavy atom. The molecule has 5 nitrogen and oxygen atoms in total. The molecule has 0 saturated carbocycles. The summed E-state index contributed by atoms with van der Waals surface area (Å²) < 4.78 is 0. The van der Waals surface area contributed by atoms with Gasteiger partial charge in [0.05, 0.1) is 0 Å². The lowest BCUT2D eigenvalue weighted by molar-refractivity contribution is 0.0939. The van der Waals surface area contributed by atoms with Crippen molar-refractivity contribution in [3.63, 3.8) is 0 Å². The Balaban J connectivity index is 1.86. The minimum Gasteiger partial charge on any atom is -0.329 e. The predicted octanol–water partition coefficient (Wildman–Crippen LogP) is 0.261. The number of likely N-dealkylation sites (N-methyl/N-ethyl adjacent to an activating group) is 1. The molecule has 1 aromatic heterocycles. The Kier molecular flexibility index (Phi) is 5.91. The molecule has 1 aromatic rings. The highest BCUT2D eigenvalue weighted by Crippen LogP contribution is 2.20. The molecule has 1 fully saturated rings. The number of nitrogens with two attached hydrogens (primary N) is 1. The fourth-order valence-corrected chi connectivity index (χ4v) is 2.71. The average molecular weight is 277 g/mol. The first kappa shape index (κ1) is 15.4. The van der Waals surface area contributed by atoms with Gasteiger partial charge in [-0.25, -0.2) is 0 Å². The molecule has 1 aliphatic rings. The van der Waals surface area contributed by atoms with Crippen molar-refractivity contribution in [3.05, 3.63) is 30.1 Å². The third-order valence-corrected chi connectivity index (χ3v) is 4.00. The molecule has 1 saturated heterocycles. The van der Waals surface area contributed by atoms with Crippen molar-refractivity contribution in [1.29, 1.82) is 0 Å². The second kappa shape index (κ2) is 7.69. The Hall–Kier alpha value is -1.01. The molecule has 2 rings (SSSR count). The molecule has 2 N–H and O–H groups in total. The van der Waals surface area contributed by atoms with E-state index in [1.165, 1.54) is 5.56 Å². The van der Waals surface area contributed by atoms with Gasteiger partial charge < -0.3 is 10.6 Å². The van der Waals surface area contributed by atoms with Crippen molar-refractivity contribution >= 4 is 0 Å². The van der Waals surface area contributed by atoms with E-state index in [1.807, 2.05) is 18.5 Å². The van der Waals surface area contributed by atoms with Crippen LogP contribution < -0.4 is 5.73 Å². The summed E-state index contributed by atoms with van der Waals surface area (Å²) in [5.41, 5.74) is 7.21. The first-order valence-electron chi connectivity index (χ1n) is 7.42. The highest BCUT2D eigenvalue weighted by atomic mass is 15.3. The Labute approximate surface area is 122 Å². The predicted molar refractivity (Wildman–Crippen MR) is 82.6 cm³/mol. The van der Waals surface area contributed by atoms with Gasteiger partial charge in [0.2, 0.25) is 0 Å². The van der Waals surface area contributed by atoms with Crippen molar-refractivity contribution < 1.29 is 0 Å². The van der Waals surface area contributed by atoms with E-state index in [9.17, 15) is 0 Å². The Morgan fingerprint density at radius 2 is 2.05 bits per heavy atom. The van der Waals surface area contributed by atoms with E-state index in [1.54, 1.807) is 0 Å². The van der Waals surface area contributed by atoms with Crippen LogP contribution in [-0.2, 0) is 0 Å². The van der Waals surface area contributed by atoms with Gasteiger partial charge >= 0.3 is 0 Å². The van der Waals surface area contributed by atoms with Crippen molar-refractivity contribution in [2.75, 3.05) is 59.9 Å². The molecule has 0 radical (unpaired) electrons. The van der Waals surface area contributed by atoms with Crippen LogP contribution in [-0.4, -0.2) is 79.6 Å². The summed E-state index contributed by atoms with van der Waals surface area (Å²) >= 11 is 0. The third-order valence-electron chi connectivity index (χ3n) is 4.00. The Morgan fingerprint density at radius 3 is 2.60 bits per heavy atom. The highest BCUT2D eigenvalue weighted by Gasteiger charge is 2.23. The number of pyridine rings is 1. The van der Waals surface area contributed by atoms with Gasteiger partial charge in [0.1, 0.15) is 0 Å². The number of aromatic nitrogens is 1. The van der Waals surface area contributed by atoms with Crippen LogP contribution in [0.5, 0.6) is 0 Å². The van der Waals surface area contributed by atoms with Gasteiger partial charge in [0.15, 0.2) is 0 Å². The highest BCUT2D eigenvalue weighted by molar-refractivity contribution is 5.14. The summed E-state index contributed by atoms with van der Waals surface area (Å²) in [6, 6.07) is 4.42. The summed E-state index contributed by atoms with van der Waals surface area (Å²) in [5, 5.41) is 0. The molecule has 20 heavy (non-hydrogen) atoms. The fraction of sp³-hybridized carbons (Fsp3) is 0.667. The number of nitrogens with zero attached hydrogens (tertiary/aromatic N) is 4. The zero-order valence-electron chi connectivity index (χ0n) is 12.7. The minimum atomic E-state index is 0.305. The lowest BCUT2D eigenvalue weighted by atomic mass is 10.1. The van der Waals surface area contributed by atoms with Crippen LogP contribution >= 0.6 is 0 Å². The number of piperazine rings is 1. The zero-order valence-corrected chi connectivity index (χ0v) is 12.7. The van der Waals surface area contributed by atoms with E-state index < -0.39 is 0 Å². The summed E-state index contributed by atoms with van der Waals surface area (Å²) in [6.45, 7) is 7.37. The van der Waals surface area contributed by atoms with E-state index >= 15 is 0 Å². The van der Waals surface area contributed by atoms with E-state index in [2.05, 4.69) is 39.8 Å². The van der Waals surface area contributed by atoms with Crippen molar-refractivity contribution in [3.8, 4) is 0 Å². The Bertz CT molecular complexity index is 373. The molecule has 0 aliphatic carbocycles. The summed E-state index contributed by atoms with van der Waals surface area (Å²) in [7, 11) is 4.26. The third kappa shape index (κ3) is 4.24. The molecule has 0 spiro atoms. The first-order chi connectivity index (χ1) is 9.70. The van der Waals surface area contributed by atoms with Gasteiger partial charge in [-0.1, -0.05) is 6.07 Å². The minimum absolute atomic E-state index is 0.305. The summed E-state index contributed by atoms with van der Waals surface area (Å²) in [4.78, 5) is 11.5. The maximum Gasteiger partial charge on any atom is 0.0486 e. The molecule has 0 amide bonds. The van der Waals surface area contributed by atoms with Gasteiger partial charge in [0.25, 0.3) is 0 Å². The average Bonchev–Trinajstić information content (AvgIpc) is 2.48. The van der Waals surface area contributed by atoms with Gasteiger partial charge in [-0.05, 0) is 25.7 Å². The second-order valence-electron chi connectivity index (χ2n) is 5.72. The van der Waals surface area contributed by atoms with E-state index in [4.69, 9.17) is 5.73 Å². The van der Waals surface area contributed by atoms with Crippen LogP contribution in [0.3, 0.4) is 0 Å². The van der Waals surface area contributed by atoms with Gasteiger partial charge in [-0.3, -0.25) is 14.8 Å². The second-order valence-corrected chi connectivity index (χ2v) is 5.72. The molecule has 1 unspecified atom stereocenters. The van der Waals surface area contributed by atoms with Crippen LogP contribution in [0.25, 0.3) is 0 Å². The number of rotatable bonds is 6. The molecule has 0 aromatic carbocycles. The van der Waals surface area contributed by atoms with Crippen LogP contribution in [0.4, 0.5) is 0 Å². The van der Waals surface area contributed by atoms with Crippen molar-refractivity contribution in [1.82, 2.24) is 19.7 Å². The fourth-order valence-electron chi connectivity index (χ4n) is 2.71. The van der Waals surface area contributed by atoms with E-state index in [-0.39, 0.29) is 0 Å². The van der Waals surface area contributed by atoms with Crippen LogP contribution in [0.1, 0.15) is 11.6 Å². The van der Waals surface area contributed by atoms with Crippen LogP contribution in [0.15, 0.2) is 24.5 Å². The quantitative estimate of drug-likeness (QED) is 0.808. The number of hydrogen-bond acceptors (Lipinski definition) is 5. The van der Waals surface area contributed by atoms with Crippen LogP contribution in [0, 0.1) is 0 Å². The van der Waals surface area contributed by atoms with Gasteiger partial charge in [0, 0.05) is 64.2 Å². The SMILES string of the molecule is CN(C)CCN1CCN(C(CN)c2cccnc2)CC1. The monoisotopic (exact) mass is 277 g/mol. The van der Waals surface area contributed by atoms with Gasteiger partial charge in [-0.2, -0.15) is 0 Å². The molecular weight excluding hydrogens is 250 g/mol. The smallest absolute Gasteiger partial charge is 0.0486 e. The maximum absolute atomic E-state index is 5.98. The normalized spacial score (nSPS) is 19.4. The van der Waals surface area contributed by atoms with E-state index in [0.717, 1.165) is 39.3 Å². The van der Waals surface area contributed by atoms with E-state index in [0.29, 0.717) is 12.6 Å². The molecule has 5 heteroatoms. The van der Waals surface area contributed by atoms with Crippen LogP contribution in [0.2, 0.25) is 0 Å². The van der Waals surface area contributed by atoms with Crippen molar-refractivity contribution in [2.24, 2.45) is 5.73 Å². The summed E-state index contributed by atoms with van der Waals surface area (Å²) in [5.74, 6) is 0. The molecule has 112 valence electrons. The summed E-state index contributed by atoms with van der Waals surface area (Å²) in [6.07, 6.45) is 3.76. The number of hydrogen-bond donors (Lipinski definition) is 1. The molecule has 1 aliphatic heterocycles. The molecule has 1 atom stereocenters. The topological polar surface area (TPSA) is 48.6 Å². The lowest BCUT2D eigenvalue weighted by Crippen LogP contribution is -2.50. The largest absolute Gasteiger partial charge is 0.329 e. The zero-order chi connectivity index (χ0) is 14.4. The standard InChI is InChI=1S/C15H27N5/c1-18(2)6-7-19-8-10-20(11-9-19)15(12-16)14-4-3-5-17-13-14/h3-5,13,15H,6-12,16H2,1-2H3.